The average molecular weight is 353 g/mol. The second-order valence-electron chi connectivity index (χ2n) is 7.21. The largest absolute Gasteiger partial charge is 0.365 e. The number of benzene rings is 1. The molecule has 138 valence electrons. The standard InChI is InChI=1S/C20H27N5O/c1-2-25-18(17-13-15-7-3-4-8-16(15)14-22-17)9-10-23-20(25,19(21)26)24-11-5-6-12-24/h3-4,7-10,17,22H,2,5-6,11-14H2,1H3,(H2,21,26). The summed E-state index contributed by atoms with van der Waals surface area (Å²) in [6.07, 6.45) is 6.87. The minimum absolute atomic E-state index is 0.151. The fraction of sp³-hybridized carbons (Fsp3) is 0.500. The summed E-state index contributed by atoms with van der Waals surface area (Å²) in [5, 5.41) is 3.63. The summed E-state index contributed by atoms with van der Waals surface area (Å²) in [7, 11) is 0. The molecule has 1 amide bonds. The molecule has 0 spiro atoms. The van der Waals surface area contributed by atoms with Crippen molar-refractivity contribution in [2.75, 3.05) is 19.6 Å². The van der Waals surface area contributed by atoms with Gasteiger partial charge in [0.2, 0.25) is 0 Å². The Kier molecular flexibility index (Phi) is 4.54. The number of nitrogens with one attached hydrogen (secondary N) is 1. The molecule has 0 aromatic heterocycles. The highest BCUT2D eigenvalue weighted by Crippen LogP contribution is 2.34. The maximum Gasteiger partial charge on any atom is 0.282 e. The second-order valence-corrected chi connectivity index (χ2v) is 7.21. The molecular weight excluding hydrogens is 326 g/mol. The number of fused-ring (bicyclic) bond motifs is 1. The third-order valence-corrected chi connectivity index (χ3v) is 5.82. The van der Waals surface area contributed by atoms with E-state index in [0.29, 0.717) is 6.54 Å². The zero-order chi connectivity index (χ0) is 18.1. The lowest BCUT2D eigenvalue weighted by Crippen LogP contribution is -2.67. The van der Waals surface area contributed by atoms with Crippen LogP contribution >= 0.6 is 0 Å². The van der Waals surface area contributed by atoms with E-state index >= 15 is 0 Å². The lowest BCUT2D eigenvalue weighted by atomic mass is 9.92. The first-order valence-electron chi connectivity index (χ1n) is 9.55. The molecule has 1 saturated heterocycles. The fourth-order valence-corrected chi connectivity index (χ4v) is 4.56. The highest BCUT2D eigenvalue weighted by molar-refractivity contribution is 5.88. The van der Waals surface area contributed by atoms with Crippen LogP contribution in [-0.2, 0) is 17.8 Å². The molecule has 6 heteroatoms. The van der Waals surface area contributed by atoms with E-state index in [4.69, 9.17) is 5.73 Å². The molecule has 1 aromatic carbocycles. The van der Waals surface area contributed by atoms with Crippen molar-refractivity contribution in [3.05, 3.63) is 47.2 Å². The monoisotopic (exact) mass is 353 g/mol. The SMILES string of the molecule is CCN1C(C2Cc3ccccc3CN2)=CC=NC1(C(N)=O)N1CCCC1. The molecule has 2 unspecified atom stereocenters. The topological polar surface area (TPSA) is 74.0 Å². The van der Waals surface area contributed by atoms with E-state index in [0.717, 1.165) is 44.6 Å². The number of likely N-dealkylation sites (tertiary alicyclic amines) is 1. The summed E-state index contributed by atoms with van der Waals surface area (Å²) in [4.78, 5) is 21.5. The molecule has 0 aliphatic carbocycles. The number of allylic oxidation sites excluding steroid dienone is 1. The Labute approximate surface area is 154 Å². The summed E-state index contributed by atoms with van der Waals surface area (Å²) in [5.74, 6) is -1.48. The van der Waals surface area contributed by atoms with Crippen LogP contribution in [0.3, 0.4) is 0 Å². The molecular formula is C20H27N5O. The molecule has 0 bridgehead atoms. The molecule has 1 fully saturated rings. The number of rotatable bonds is 4. The van der Waals surface area contributed by atoms with Crippen LogP contribution in [0.1, 0.15) is 30.9 Å². The predicted octanol–water partition coefficient (Wildman–Crippen LogP) is 1.23. The van der Waals surface area contributed by atoms with E-state index in [1.807, 2.05) is 6.08 Å². The summed E-state index contributed by atoms with van der Waals surface area (Å²) >= 11 is 0. The predicted molar refractivity (Wildman–Crippen MR) is 102 cm³/mol. The number of hydrogen-bond acceptors (Lipinski definition) is 5. The molecule has 2 atom stereocenters. The van der Waals surface area contributed by atoms with Gasteiger partial charge in [-0.15, -0.1) is 0 Å². The van der Waals surface area contributed by atoms with Gasteiger partial charge in [-0.3, -0.25) is 9.69 Å². The van der Waals surface area contributed by atoms with Gasteiger partial charge < -0.3 is 16.0 Å². The number of likely N-dealkylation sites (N-methyl/N-ethyl adjacent to an activating group) is 1. The lowest BCUT2D eigenvalue weighted by molar-refractivity contribution is -0.141. The van der Waals surface area contributed by atoms with Crippen LogP contribution < -0.4 is 11.1 Å². The number of nitrogens with zero attached hydrogens (tertiary/aromatic N) is 3. The van der Waals surface area contributed by atoms with Crippen molar-refractivity contribution < 1.29 is 4.79 Å². The van der Waals surface area contributed by atoms with Gasteiger partial charge in [-0.05, 0) is 43.4 Å². The van der Waals surface area contributed by atoms with Crippen molar-refractivity contribution >= 4 is 12.1 Å². The first-order valence-corrected chi connectivity index (χ1v) is 9.55. The molecule has 3 aliphatic rings. The second kappa shape index (κ2) is 6.85. The van der Waals surface area contributed by atoms with E-state index in [-0.39, 0.29) is 11.9 Å². The van der Waals surface area contributed by atoms with Gasteiger partial charge in [0, 0.05) is 38.1 Å². The lowest BCUT2D eigenvalue weighted by Gasteiger charge is -2.49. The fourth-order valence-electron chi connectivity index (χ4n) is 4.56. The first kappa shape index (κ1) is 17.2. The van der Waals surface area contributed by atoms with Crippen LogP contribution in [0.5, 0.6) is 0 Å². The maximum atomic E-state index is 12.6. The molecule has 3 N–H and O–H groups in total. The van der Waals surface area contributed by atoms with Crippen molar-refractivity contribution in [2.45, 2.75) is 44.6 Å². The molecule has 0 saturated carbocycles. The Hall–Kier alpha value is -2.18. The van der Waals surface area contributed by atoms with Crippen LogP contribution in [0.25, 0.3) is 0 Å². The van der Waals surface area contributed by atoms with Crippen molar-refractivity contribution in [3.8, 4) is 0 Å². The summed E-state index contributed by atoms with van der Waals surface area (Å²) < 4.78 is 0. The Morgan fingerprint density at radius 1 is 1.31 bits per heavy atom. The van der Waals surface area contributed by atoms with Crippen molar-refractivity contribution in [3.63, 3.8) is 0 Å². The normalized spacial score (nSPS) is 28.7. The van der Waals surface area contributed by atoms with Crippen LogP contribution in [0.15, 0.2) is 41.0 Å². The minimum atomic E-state index is -1.09. The van der Waals surface area contributed by atoms with Gasteiger partial charge in [-0.25, -0.2) is 4.99 Å². The molecule has 4 rings (SSSR count). The number of aliphatic imine (C=N–C) groups is 1. The quantitative estimate of drug-likeness (QED) is 0.854. The third kappa shape index (κ3) is 2.64. The first-order chi connectivity index (χ1) is 12.7. The van der Waals surface area contributed by atoms with Crippen LogP contribution in [-0.4, -0.2) is 53.4 Å². The number of amides is 1. The van der Waals surface area contributed by atoms with E-state index < -0.39 is 5.79 Å². The number of carbonyl (C=O) groups excluding carboxylic acids is 1. The Balaban J connectivity index is 1.68. The smallest absolute Gasteiger partial charge is 0.282 e. The molecule has 26 heavy (non-hydrogen) atoms. The molecule has 0 radical (unpaired) electrons. The van der Waals surface area contributed by atoms with Crippen molar-refractivity contribution in [1.29, 1.82) is 0 Å². The third-order valence-electron chi connectivity index (χ3n) is 5.82. The number of hydrogen-bond donors (Lipinski definition) is 2. The van der Waals surface area contributed by atoms with E-state index in [9.17, 15) is 4.79 Å². The van der Waals surface area contributed by atoms with Gasteiger partial charge in [-0.2, -0.15) is 0 Å². The summed E-state index contributed by atoms with van der Waals surface area (Å²) in [5.41, 5.74) is 9.74. The number of nitrogens with two attached hydrogens (primary N) is 1. The Bertz CT molecular complexity index is 752. The summed E-state index contributed by atoms with van der Waals surface area (Å²) in [6.45, 7) is 5.29. The highest BCUT2D eigenvalue weighted by Gasteiger charge is 2.50. The maximum absolute atomic E-state index is 12.6. The highest BCUT2D eigenvalue weighted by atomic mass is 16.2. The Morgan fingerprint density at radius 3 is 2.73 bits per heavy atom. The van der Waals surface area contributed by atoms with E-state index in [2.05, 4.69) is 51.3 Å². The van der Waals surface area contributed by atoms with E-state index in [1.165, 1.54) is 11.1 Å². The molecule has 3 aliphatic heterocycles. The van der Waals surface area contributed by atoms with Crippen molar-refractivity contribution in [2.24, 2.45) is 10.7 Å². The number of primary amides is 1. The molecule has 1 aromatic rings. The van der Waals surface area contributed by atoms with Gasteiger partial charge in [0.25, 0.3) is 11.7 Å². The zero-order valence-corrected chi connectivity index (χ0v) is 15.3. The molecule has 6 nitrogen and oxygen atoms in total. The molecule has 3 heterocycles. The van der Waals surface area contributed by atoms with Gasteiger partial charge in [0.05, 0.1) is 6.04 Å². The minimum Gasteiger partial charge on any atom is -0.365 e. The average Bonchev–Trinajstić information content (AvgIpc) is 3.21. The summed E-state index contributed by atoms with van der Waals surface area (Å²) in [6, 6.07) is 8.69. The van der Waals surface area contributed by atoms with Gasteiger partial charge in [-0.1, -0.05) is 24.3 Å². The van der Waals surface area contributed by atoms with Crippen LogP contribution in [0, 0.1) is 0 Å². The van der Waals surface area contributed by atoms with E-state index in [1.54, 1.807) is 6.21 Å². The van der Waals surface area contributed by atoms with Gasteiger partial charge in [0.1, 0.15) is 0 Å². The van der Waals surface area contributed by atoms with Crippen LogP contribution in [0.4, 0.5) is 0 Å². The zero-order valence-electron chi connectivity index (χ0n) is 15.3. The van der Waals surface area contributed by atoms with Gasteiger partial charge in [0.15, 0.2) is 0 Å². The number of carbonyl (C=O) groups is 1. The van der Waals surface area contributed by atoms with Crippen LogP contribution in [0.2, 0.25) is 0 Å². The van der Waals surface area contributed by atoms with Gasteiger partial charge >= 0.3 is 0 Å². The Morgan fingerprint density at radius 2 is 2.04 bits per heavy atom. The van der Waals surface area contributed by atoms with Crippen molar-refractivity contribution in [1.82, 2.24) is 15.1 Å².